The van der Waals surface area contributed by atoms with Crippen molar-refractivity contribution in [2.45, 2.75) is 5.25 Å². The van der Waals surface area contributed by atoms with Crippen molar-refractivity contribution in [1.82, 2.24) is 5.43 Å². The Morgan fingerprint density at radius 1 is 2.00 bits per heavy atom. The monoisotopic (exact) mass is 156 g/mol. The largest absolute Gasteiger partial charge is 0.271 e. The van der Waals surface area contributed by atoms with Crippen LogP contribution >= 0.6 is 11.8 Å². The minimum atomic E-state index is -0.113. The normalized spacial score (nSPS) is 22.8. The third-order valence-corrected chi connectivity index (χ3v) is 2.16. The molecule has 1 aliphatic heterocycles. The maximum atomic E-state index is 10.8. The van der Waals surface area contributed by atoms with Crippen molar-refractivity contribution in [1.29, 1.82) is 0 Å². The van der Waals surface area contributed by atoms with Gasteiger partial charge < -0.3 is 0 Å². The van der Waals surface area contributed by atoms with Gasteiger partial charge in [0.2, 0.25) is 0 Å². The average Bonchev–Trinajstić information content (AvgIpc) is 2.31. The van der Waals surface area contributed by atoms with Crippen LogP contribution < -0.4 is 5.43 Å². The second kappa shape index (κ2) is 3.41. The molecule has 0 fully saturated rings. The molecule has 1 N–H and O–H groups in total. The summed E-state index contributed by atoms with van der Waals surface area (Å²) >= 11 is 1.51. The van der Waals surface area contributed by atoms with Crippen LogP contribution in [-0.2, 0) is 4.79 Å². The standard InChI is InChI=1S/C6H8N2OS/c1-2-3-10-5-4-7-8-6(5)9/h2,4-5H,1,3H2,(H,8,9). The first-order chi connectivity index (χ1) is 4.84. The lowest BCUT2D eigenvalue weighted by molar-refractivity contribution is -0.118. The van der Waals surface area contributed by atoms with E-state index >= 15 is 0 Å². The second-order valence-corrected chi connectivity index (χ2v) is 2.97. The molecule has 1 amide bonds. The Balaban J connectivity index is 2.33. The van der Waals surface area contributed by atoms with Crippen LogP contribution in [0.25, 0.3) is 0 Å². The van der Waals surface area contributed by atoms with Gasteiger partial charge in [-0.3, -0.25) is 4.79 Å². The molecule has 0 bridgehead atoms. The lowest BCUT2D eigenvalue weighted by Gasteiger charge is -1.99. The fraction of sp³-hybridized carbons (Fsp3) is 0.333. The number of rotatable bonds is 3. The maximum Gasteiger partial charge on any atom is 0.258 e. The number of carbonyl (C=O) groups excluding carboxylic acids is 1. The first-order valence-corrected chi connectivity index (χ1v) is 3.95. The molecule has 54 valence electrons. The summed E-state index contributed by atoms with van der Waals surface area (Å²) in [5, 5.41) is 3.51. The molecule has 1 heterocycles. The molecule has 4 heteroatoms. The Morgan fingerprint density at radius 2 is 2.80 bits per heavy atom. The van der Waals surface area contributed by atoms with Crippen molar-refractivity contribution in [2.24, 2.45) is 5.10 Å². The van der Waals surface area contributed by atoms with E-state index in [9.17, 15) is 4.79 Å². The maximum absolute atomic E-state index is 10.8. The number of carbonyl (C=O) groups is 1. The Morgan fingerprint density at radius 3 is 3.30 bits per heavy atom. The van der Waals surface area contributed by atoms with Crippen molar-refractivity contribution in [2.75, 3.05) is 5.75 Å². The number of nitrogens with one attached hydrogen (secondary N) is 1. The fourth-order valence-electron chi connectivity index (χ4n) is 0.590. The predicted molar refractivity (Wildman–Crippen MR) is 43.1 cm³/mol. The Kier molecular flexibility index (Phi) is 2.50. The molecule has 0 aromatic carbocycles. The van der Waals surface area contributed by atoms with Gasteiger partial charge in [-0.1, -0.05) is 6.08 Å². The zero-order valence-electron chi connectivity index (χ0n) is 5.41. The van der Waals surface area contributed by atoms with Crippen molar-refractivity contribution in [3.05, 3.63) is 12.7 Å². The SMILES string of the molecule is C=CCSC1C=NNC1=O. The summed E-state index contributed by atoms with van der Waals surface area (Å²) < 4.78 is 0. The lowest BCUT2D eigenvalue weighted by atomic mass is 10.5. The van der Waals surface area contributed by atoms with E-state index in [1.807, 2.05) is 0 Å². The van der Waals surface area contributed by atoms with E-state index in [2.05, 4.69) is 17.1 Å². The Hall–Kier alpha value is -0.770. The molecule has 0 saturated carbocycles. The van der Waals surface area contributed by atoms with Gasteiger partial charge in [0.1, 0.15) is 5.25 Å². The summed E-state index contributed by atoms with van der Waals surface area (Å²) in [6, 6.07) is 0. The zero-order valence-corrected chi connectivity index (χ0v) is 6.23. The second-order valence-electron chi connectivity index (χ2n) is 1.80. The van der Waals surface area contributed by atoms with Gasteiger partial charge in [0.05, 0.1) is 0 Å². The highest BCUT2D eigenvalue weighted by molar-refractivity contribution is 8.01. The van der Waals surface area contributed by atoms with Gasteiger partial charge in [-0.25, -0.2) is 5.43 Å². The van der Waals surface area contributed by atoms with E-state index in [0.29, 0.717) is 0 Å². The van der Waals surface area contributed by atoms with E-state index in [0.717, 1.165) is 5.75 Å². The van der Waals surface area contributed by atoms with Gasteiger partial charge in [-0.2, -0.15) is 5.10 Å². The molecule has 0 aromatic heterocycles. The van der Waals surface area contributed by atoms with Crippen LogP contribution in [0.4, 0.5) is 0 Å². The van der Waals surface area contributed by atoms with Gasteiger partial charge in [0.15, 0.2) is 0 Å². The minimum absolute atomic E-state index is 0.0353. The number of hydrazone groups is 1. The summed E-state index contributed by atoms with van der Waals surface area (Å²) in [5.74, 6) is 0.747. The molecule has 0 saturated heterocycles. The molecular weight excluding hydrogens is 148 g/mol. The third kappa shape index (κ3) is 1.60. The van der Waals surface area contributed by atoms with Gasteiger partial charge in [0.25, 0.3) is 5.91 Å². The zero-order chi connectivity index (χ0) is 7.40. The molecule has 3 nitrogen and oxygen atoms in total. The minimum Gasteiger partial charge on any atom is -0.271 e. The van der Waals surface area contributed by atoms with E-state index in [1.54, 1.807) is 12.3 Å². The van der Waals surface area contributed by atoms with Crippen LogP contribution in [0.3, 0.4) is 0 Å². The quantitative estimate of drug-likeness (QED) is 0.600. The highest BCUT2D eigenvalue weighted by atomic mass is 32.2. The molecule has 0 radical (unpaired) electrons. The van der Waals surface area contributed by atoms with Gasteiger partial charge in [0, 0.05) is 12.0 Å². The van der Waals surface area contributed by atoms with Crippen molar-refractivity contribution in [3.8, 4) is 0 Å². The molecule has 0 aromatic rings. The summed E-state index contributed by atoms with van der Waals surface area (Å²) in [7, 11) is 0. The molecular formula is C6H8N2OS. The van der Waals surface area contributed by atoms with E-state index < -0.39 is 0 Å². The van der Waals surface area contributed by atoms with Crippen LogP contribution in [0, 0.1) is 0 Å². The van der Waals surface area contributed by atoms with Crippen LogP contribution in [0.5, 0.6) is 0 Å². The first kappa shape index (κ1) is 7.34. The summed E-state index contributed by atoms with van der Waals surface area (Å²) in [4.78, 5) is 10.8. The molecule has 1 atom stereocenters. The van der Waals surface area contributed by atoms with Gasteiger partial charge >= 0.3 is 0 Å². The van der Waals surface area contributed by atoms with Crippen LogP contribution in [0.15, 0.2) is 17.8 Å². The van der Waals surface area contributed by atoms with Gasteiger partial charge in [-0.15, -0.1) is 18.3 Å². The Bertz CT molecular complexity index is 179. The molecule has 1 aliphatic rings. The topological polar surface area (TPSA) is 41.5 Å². The van der Waals surface area contributed by atoms with Crippen molar-refractivity contribution in [3.63, 3.8) is 0 Å². The number of thioether (sulfide) groups is 1. The van der Waals surface area contributed by atoms with Crippen molar-refractivity contribution < 1.29 is 4.79 Å². The van der Waals surface area contributed by atoms with Gasteiger partial charge in [-0.05, 0) is 0 Å². The smallest absolute Gasteiger partial charge is 0.258 e. The average molecular weight is 156 g/mol. The van der Waals surface area contributed by atoms with Crippen LogP contribution in [-0.4, -0.2) is 23.1 Å². The van der Waals surface area contributed by atoms with E-state index in [1.165, 1.54) is 11.8 Å². The number of amides is 1. The molecule has 0 aliphatic carbocycles. The molecule has 1 unspecified atom stereocenters. The Labute approximate surface area is 63.6 Å². The highest BCUT2D eigenvalue weighted by Gasteiger charge is 2.19. The predicted octanol–water partition coefficient (Wildman–Crippen LogP) is 0.390. The number of hydrogen-bond donors (Lipinski definition) is 1. The first-order valence-electron chi connectivity index (χ1n) is 2.90. The highest BCUT2D eigenvalue weighted by Crippen LogP contribution is 2.11. The molecule has 1 rings (SSSR count). The molecule has 0 spiro atoms. The van der Waals surface area contributed by atoms with Crippen LogP contribution in [0.1, 0.15) is 0 Å². The summed E-state index contributed by atoms with van der Waals surface area (Å²) in [6.07, 6.45) is 3.38. The third-order valence-electron chi connectivity index (χ3n) is 1.04. The van der Waals surface area contributed by atoms with Crippen molar-refractivity contribution >= 4 is 23.9 Å². The summed E-state index contributed by atoms with van der Waals surface area (Å²) in [6.45, 7) is 3.55. The fourth-order valence-corrected chi connectivity index (χ4v) is 1.28. The molecule has 10 heavy (non-hydrogen) atoms. The van der Waals surface area contributed by atoms with E-state index in [4.69, 9.17) is 0 Å². The van der Waals surface area contributed by atoms with E-state index in [-0.39, 0.29) is 11.2 Å². The number of nitrogens with zero attached hydrogens (tertiary/aromatic N) is 1. The van der Waals surface area contributed by atoms with Crippen LogP contribution in [0.2, 0.25) is 0 Å². The number of hydrogen-bond acceptors (Lipinski definition) is 3. The lowest BCUT2D eigenvalue weighted by Crippen LogP contribution is -2.21. The summed E-state index contributed by atoms with van der Waals surface area (Å²) in [5.41, 5.74) is 2.35.